The van der Waals surface area contributed by atoms with Crippen LogP contribution in [0.4, 0.5) is 0 Å². The Hall–Kier alpha value is -3.84. The third-order valence-corrected chi connectivity index (χ3v) is 11.3. The van der Waals surface area contributed by atoms with Gasteiger partial charge in [-0.05, 0) is 29.9 Å². The zero-order valence-electron chi connectivity index (χ0n) is 30.1. The minimum atomic E-state index is -1.37. The number of allylic oxidation sites excluding steroid dienone is 1. The summed E-state index contributed by atoms with van der Waals surface area (Å²) < 4.78 is 18.6. The zero-order valence-corrected chi connectivity index (χ0v) is 31.7. The summed E-state index contributed by atoms with van der Waals surface area (Å²) in [7, 11) is 1.50. The van der Waals surface area contributed by atoms with Gasteiger partial charge in [0.1, 0.15) is 17.7 Å². The lowest BCUT2D eigenvalue weighted by molar-refractivity contribution is -0.163. The van der Waals surface area contributed by atoms with E-state index in [2.05, 4.69) is 34.4 Å². The summed E-state index contributed by atoms with van der Waals surface area (Å²) in [5, 5.41) is 13.6. The molecule has 9 atom stereocenters. The number of hydrogen-bond acceptors (Lipinski definition) is 8. The minimum absolute atomic E-state index is 0.0438. The Labute approximate surface area is 314 Å². The van der Waals surface area contributed by atoms with Crippen molar-refractivity contribution in [3.8, 4) is 0 Å². The van der Waals surface area contributed by atoms with Crippen molar-refractivity contribution < 1.29 is 38.5 Å². The summed E-state index contributed by atoms with van der Waals surface area (Å²) in [5.41, 5.74) is 0.155. The van der Waals surface area contributed by atoms with Crippen molar-refractivity contribution in [2.24, 2.45) is 17.8 Å². The van der Waals surface area contributed by atoms with Gasteiger partial charge >= 0.3 is 5.97 Å². The van der Waals surface area contributed by atoms with Gasteiger partial charge in [0.2, 0.25) is 17.7 Å². The van der Waals surface area contributed by atoms with Crippen LogP contribution in [0.1, 0.15) is 50.3 Å². The average molecular weight is 781 g/mol. The van der Waals surface area contributed by atoms with Crippen LogP contribution in [0.5, 0.6) is 0 Å². The minimum Gasteiger partial charge on any atom is -0.455 e. The van der Waals surface area contributed by atoms with E-state index in [4.69, 9.17) is 14.2 Å². The monoisotopic (exact) mass is 779 g/mol. The summed E-state index contributed by atoms with van der Waals surface area (Å²) in [4.78, 5) is 60.0. The van der Waals surface area contributed by atoms with Crippen LogP contribution in [-0.2, 0) is 39.9 Å². The second kappa shape index (κ2) is 17.3. The molecule has 11 nitrogen and oxygen atoms in total. The van der Waals surface area contributed by atoms with Crippen LogP contribution >= 0.6 is 15.9 Å². The van der Waals surface area contributed by atoms with Gasteiger partial charge in [-0.15, -0.1) is 13.2 Å². The molecule has 0 saturated carbocycles. The van der Waals surface area contributed by atoms with Crippen molar-refractivity contribution in [2.45, 2.75) is 80.4 Å². The van der Waals surface area contributed by atoms with E-state index < -0.39 is 59.6 Å². The summed E-state index contributed by atoms with van der Waals surface area (Å²) in [6.45, 7) is 11.5. The maximum atomic E-state index is 14.9. The van der Waals surface area contributed by atoms with Crippen molar-refractivity contribution in [1.82, 2.24) is 15.1 Å². The van der Waals surface area contributed by atoms with Crippen LogP contribution in [0, 0.1) is 17.8 Å². The van der Waals surface area contributed by atoms with Crippen LogP contribution in [-0.4, -0.2) is 100 Å². The van der Waals surface area contributed by atoms with Gasteiger partial charge in [-0.1, -0.05) is 103 Å². The molecule has 1 unspecified atom stereocenters. The second-order valence-electron chi connectivity index (χ2n) is 14.1. The van der Waals surface area contributed by atoms with Crippen LogP contribution in [0.2, 0.25) is 0 Å². The number of nitrogens with one attached hydrogen (secondary N) is 1. The number of rotatable bonds is 18. The van der Waals surface area contributed by atoms with E-state index in [9.17, 15) is 24.3 Å². The van der Waals surface area contributed by atoms with E-state index in [0.29, 0.717) is 18.4 Å². The van der Waals surface area contributed by atoms with Crippen molar-refractivity contribution in [1.29, 1.82) is 0 Å². The number of carbonyl (C=O) groups is 4. The first-order chi connectivity index (χ1) is 25.0. The lowest BCUT2D eigenvalue weighted by atomic mass is 9.70. The number of methoxy groups -OCH3 is 1. The molecule has 2 bridgehead atoms. The number of benzene rings is 2. The number of carbonyl (C=O) groups excluding carboxylic acids is 4. The molecule has 2 aromatic carbocycles. The van der Waals surface area contributed by atoms with Gasteiger partial charge in [0.05, 0.1) is 43.2 Å². The number of nitrogens with zero attached hydrogens (tertiary/aromatic N) is 2. The molecule has 3 heterocycles. The average Bonchev–Trinajstić information content (AvgIpc) is 3.73. The highest BCUT2D eigenvalue weighted by atomic mass is 79.9. The maximum Gasteiger partial charge on any atom is 0.313 e. The predicted molar refractivity (Wildman–Crippen MR) is 199 cm³/mol. The Morgan fingerprint density at radius 3 is 2.38 bits per heavy atom. The number of hydrogen-bond donors (Lipinski definition) is 2. The normalized spacial score (nSPS) is 26.4. The van der Waals surface area contributed by atoms with Crippen LogP contribution in [0.3, 0.4) is 0 Å². The SMILES string of the molecule is C=CCCC(=O)N[C@H](COC)[C@H](OC(=O)[C@@H]1[C@H]2O[C@@]3(CC2Br)[C@H](C(=O)N(CC=C)Cc2ccccc2)N([C@@H](CO)C(C)C)C(=O)[C@@H]13)c1ccccc1. The first kappa shape index (κ1) is 39.4. The van der Waals surface area contributed by atoms with Crippen LogP contribution in [0.25, 0.3) is 0 Å². The van der Waals surface area contributed by atoms with E-state index in [0.717, 1.165) is 5.56 Å². The van der Waals surface area contributed by atoms with Crippen molar-refractivity contribution >= 4 is 39.6 Å². The molecule has 280 valence electrons. The van der Waals surface area contributed by atoms with Crippen LogP contribution < -0.4 is 5.32 Å². The van der Waals surface area contributed by atoms with Gasteiger partial charge in [-0.25, -0.2) is 0 Å². The molecule has 3 aliphatic heterocycles. The zero-order chi connectivity index (χ0) is 37.6. The molecular formula is C40H50BrN3O8. The standard InChI is InChI=1S/C40H50BrN3O8/c1-6-8-19-31(46)42-29(24-50-5)34(27-17-13-10-14-18-27)51-39(49)32-33-37(47)44(30(23-45)25(3)4)36(40(33)21-28(41)35(32)52-40)38(48)43(20-7-2)22-26-15-11-9-12-16-26/h6-7,9-18,25,28-30,32-36,45H,1-2,8,19-24H2,3-5H3,(H,42,46)/t28?,29-,30+,32+,33-,34-,35+,36+,40-/m1/s1. The lowest BCUT2D eigenvalue weighted by Crippen LogP contribution is -2.59. The van der Waals surface area contributed by atoms with Gasteiger partial charge in [0.25, 0.3) is 0 Å². The molecule has 52 heavy (non-hydrogen) atoms. The highest BCUT2D eigenvalue weighted by Gasteiger charge is 2.77. The number of alkyl halides is 1. The number of esters is 1. The largest absolute Gasteiger partial charge is 0.455 e. The highest BCUT2D eigenvalue weighted by Crippen LogP contribution is 2.61. The number of aliphatic hydroxyl groups is 1. The van der Waals surface area contributed by atoms with Crippen LogP contribution in [0.15, 0.2) is 86.0 Å². The molecule has 3 fully saturated rings. The molecule has 0 aliphatic carbocycles. The number of halogens is 1. The molecule has 2 N–H and O–H groups in total. The third kappa shape index (κ3) is 7.76. The molecule has 3 amide bonds. The van der Waals surface area contributed by atoms with Crippen molar-refractivity contribution in [3.05, 3.63) is 97.1 Å². The van der Waals surface area contributed by atoms with E-state index in [1.807, 2.05) is 62.4 Å². The number of likely N-dealkylation sites (tertiary alicyclic amines) is 1. The van der Waals surface area contributed by atoms with Gasteiger partial charge < -0.3 is 34.4 Å². The van der Waals surface area contributed by atoms with Gasteiger partial charge in [0.15, 0.2) is 0 Å². The molecule has 2 aromatic rings. The van der Waals surface area contributed by atoms with Crippen molar-refractivity contribution in [3.63, 3.8) is 0 Å². The smallest absolute Gasteiger partial charge is 0.313 e. The number of aliphatic hydroxyl groups excluding tert-OH is 1. The molecule has 1 spiro atoms. The molecule has 3 saturated heterocycles. The fraction of sp³-hybridized carbons (Fsp3) is 0.500. The molecule has 0 aromatic heterocycles. The van der Waals surface area contributed by atoms with Crippen molar-refractivity contribution in [2.75, 3.05) is 26.9 Å². The fourth-order valence-electron chi connectivity index (χ4n) is 8.08. The quantitative estimate of drug-likeness (QED) is 0.130. The molecule has 3 aliphatic rings. The Morgan fingerprint density at radius 2 is 1.79 bits per heavy atom. The topological polar surface area (TPSA) is 135 Å². The molecular weight excluding hydrogens is 730 g/mol. The second-order valence-corrected chi connectivity index (χ2v) is 15.3. The first-order valence-electron chi connectivity index (χ1n) is 17.9. The number of fused-ring (bicyclic) bond motifs is 1. The van der Waals surface area contributed by atoms with E-state index in [-0.39, 0.29) is 55.3 Å². The fourth-order valence-corrected chi connectivity index (χ4v) is 9.03. The number of ether oxygens (including phenoxy) is 3. The molecule has 5 rings (SSSR count). The van der Waals surface area contributed by atoms with Gasteiger partial charge in [-0.3, -0.25) is 19.2 Å². The third-order valence-electron chi connectivity index (χ3n) is 10.4. The maximum absolute atomic E-state index is 14.9. The Morgan fingerprint density at radius 1 is 1.12 bits per heavy atom. The van der Waals surface area contributed by atoms with Gasteiger partial charge in [-0.2, -0.15) is 0 Å². The summed E-state index contributed by atoms with van der Waals surface area (Å²) in [6, 6.07) is 16.0. The summed E-state index contributed by atoms with van der Waals surface area (Å²) >= 11 is 3.74. The Bertz CT molecular complexity index is 1590. The molecule has 0 radical (unpaired) electrons. The summed E-state index contributed by atoms with van der Waals surface area (Å²) in [6.07, 6.45) is 2.51. The van der Waals surface area contributed by atoms with Gasteiger partial charge in [0, 0.05) is 31.4 Å². The van der Waals surface area contributed by atoms with E-state index >= 15 is 0 Å². The summed E-state index contributed by atoms with van der Waals surface area (Å²) in [5.74, 6) is -4.07. The lowest BCUT2D eigenvalue weighted by Gasteiger charge is -2.40. The Balaban J connectivity index is 1.54. The van der Waals surface area contributed by atoms with E-state index in [1.165, 1.54) is 12.0 Å². The predicted octanol–water partition coefficient (Wildman–Crippen LogP) is 4.35. The highest BCUT2D eigenvalue weighted by molar-refractivity contribution is 9.09. The van der Waals surface area contributed by atoms with E-state index in [1.54, 1.807) is 29.2 Å². The Kier molecular flexibility index (Phi) is 13.1. The number of amides is 3. The molecule has 12 heteroatoms. The first-order valence-corrected chi connectivity index (χ1v) is 18.8.